The summed E-state index contributed by atoms with van der Waals surface area (Å²) in [6.45, 7) is 1.77. The quantitative estimate of drug-likeness (QED) is 0.767. The lowest BCUT2D eigenvalue weighted by atomic mass is 10.2. The average Bonchev–Trinajstić information content (AvgIpc) is 2.57. The van der Waals surface area contributed by atoms with Crippen molar-refractivity contribution in [2.24, 2.45) is 0 Å². The van der Waals surface area contributed by atoms with E-state index in [9.17, 15) is 13.2 Å². The lowest BCUT2D eigenvalue weighted by Crippen LogP contribution is -2.07. The lowest BCUT2D eigenvalue weighted by molar-refractivity contribution is -0.137. The second-order valence-corrected chi connectivity index (χ2v) is 4.57. The Kier molecular flexibility index (Phi) is 3.25. The topological polar surface area (TPSA) is 20.7 Å². The predicted molar refractivity (Wildman–Crippen MR) is 65.7 cm³/mol. The number of halogens is 4. The number of alkyl halides is 3. The third-order valence-corrected chi connectivity index (χ3v) is 3.01. The maximum atomic E-state index is 12.7. The number of hydrogen-bond donors (Lipinski definition) is 1. The van der Waals surface area contributed by atoms with Gasteiger partial charge in [-0.3, -0.25) is 4.57 Å². The first-order valence-corrected chi connectivity index (χ1v) is 5.73. The molecule has 0 fully saturated rings. The van der Waals surface area contributed by atoms with Crippen LogP contribution in [0.1, 0.15) is 11.3 Å². The Morgan fingerprint density at radius 1 is 1.33 bits per heavy atom. The van der Waals surface area contributed by atoms with Crippen molar-refractivity contribution < 1.29 is 13.2 Å². The molecule has 2 aromatic rings. The fourth-order valence-electron chi connectivity index (χ4n) is 1.59. The molecule has 18 heavy (non-hydrogen) atoms. The normalized spacial score (nSPS) is 11.8. The lowest BCUT2D eigenvalue weighted by Gasteiger charge is -2.11. The largest absolute Gasteiger partial charge is 0.417 e. The van der Waals surface area contributed by atoms with Crippen LogP contribution in [0.5, 0.6) is 0 Å². The van der Waals surface area contributed by atoms with Gasteiger partial charge in [0.1, 0.15) is 0 Å². The minimum atomic E-state index is -4.49. The van der Waals surface area contributed by atoms with E-state index in [4.69, 9.17) is 23.8 Å². The Balaban J connectivity index is 2.61. The van der Waals surface area contributed by atoms with Gasteiger partial charge in [0.05, 0.1) is 10.6 Å². The summed E-state index contributed by atoms with van der Waals surface area (Å²) in [5.74, 6) is 0. The second-order valence-electron chi connectivity index (χ2n) is 3.77. The highest BCUT2D eigenvalue weighted by atomic mass is 35.5. The van der Waals surface area contributed by atoms with Crippen LogP contribution in [0, 0.1) is 11.7 Å². The molecule has 0 amide bonds. The zero-order chi connectivity index (χ0) is 13.5. The van der Waals surface area contributed by atoms with Gasteiger partial charge >= 0.3 is 6.18 Å². The van der Waals surface area contributed by atoms with Gasteiger partial charge in [0.15, 0.2) is 4.77 Å². The highest BCUT2D eigenvalue weighted by Crippen LogP contribution is 2.35. The van der Waals surface area contributed by atoms with Gasteiger partial charge in [-0.15, -0.1) is 0 Å². The van der Waals surface area contributed by atoms with E-state index in [1.54, 1.807) is 13.1 Å². The molecule has 7 heteroatoms. The zero-order valence-corrected chi connectivity index (χ0v) is 10.7. The molecule has 0 aliphatic rings. The summed E-state index contributed by atoms with van der Waals surface area (Å²) in [6, 6.07) is 3.68. The van der Waals surface area contributed by atoms with E-state index in [-0.39, 0.29) is 5.02 Å². The van der Waals surface area contributed by atoms with E-state index in [2.05, 4.69) is 4.98 Å². The summed E-state index contributed by atoms with van der Waals surface area (Å²) in [4.78, 5) is 2.84. The summed E-state index contributed by atoms with van der Waals surface area (Å²) < 4.78 is 40.0. The Labute approximate surface area is 111 Å². The van der Waals surface area contributed by atoms with Gasteiger partial charge in [-0.25, -0.2) is 0 Å². The molecule has 0 spiro atoms. The molecule has 0 saturated carbocycles. The second kappa shape index (κ2) is 4.44. The summed E-state index contributed by atoms with van der Waals surface area (Å²) in [7, 11) is 0. The fourth-order valence-corrected chi connectivity index (χ4v) is 2.13. The molecule has 0 radical (unpaired) electrons. The highest BCUT2D eigenvalue weighted by molar-refractivity contribution is 7.71. The fraction of sp³-hybridized carbons (Fsp3) is 0.182. The van der Waals surface area contributed by atoms with Gasteiger partial charge in [0, 0.05) is 17.6 Å². The van der Waals surface area contributed by atoms with Crippen LogP contribution >= 0.6 is 23.8 Å². The highest BCUT2D eigenvalue weighted by Gasteiger charge is 2.33. The smallest absolute Gasteiger partial charge is 0.335 e. The molecule has 0 aliphatic heterocycles. The van der Waals surface area contributed by atoms with Crippen LogP contribution in [0.15, 0.2) is 24.4 Å². The number of H-pyrrole nitrogens is 1. The molecule has 0 unspecified atom stereocenters. The van der Waals surface area contributed by atoms with E-state index in [0.717, 1.165) is 11.8 Å². The molecule has 1 heterocycles. The van der Waals surface area contributed by atoms with Gasteiger partial charge in [0.25, 0.3) is 0 Å². The van der Waals surface area contributed by atoms with Crippen LogP contribution in [0.3, 0.4) is 0 Å². The number of benzene rings is 1. The Bertz CT molecular complexity index is 642. The average molecular weight is 293 g/mol. The van der Waals surface area contributed by atoms with Crippen LogP contribution in [0.4, 0.5) is 13.2 Å². The number of nitrogens with zero attached hydrogens (tertiary/aromatic N) is 1. The SMILES string of the molecule is Cc1cn(-c2ccc(Cl)c(C(F)(F)F)c2)c(=S)[nH]1. The number of rotatable bonds is 1. The Morgan fingerprint density at radius 3 is 2.50 bits per heavy atom. The summed E-state index contributed by atoms with van der Waals surface area (Å²) in [5, 5.41) is -0.329. The molecular weight excluding hydrogens is 285 g/mol. The minimum absolute atomic E-state index is 0.320. The number of nitrogens with one attached hydrogen (secondary N) is 1. The van der Waals surface area contributed by atoms with E-state index in [1.165, 1.54) is 16.7 Å². The van der Waals surface area contributed by atoms with Crippen LogP contribution in [0.25, 0.3) is 5.69 Å². The third-order valence-electron chi connectivity index (χ3n) is 2.38. The van der Waals surface area contributed by atoms with Crippen molar-refractivity contribution in [2.75, 3.05) is 0 Å². The van der Waals surface area contributed by atoms with Gasteiger partial charge in [0.2, 0.25) is 0 Å². The van der Waals surface area contributed by atoms with Crippen molar-refractivity contribution in [3.8, 4) is 5.69 Å². The molecule has 1 aromatic carbocycles. The summed E-state index contributed by atoms with van der Waals surface area (Å²) in [6.07, 6.45) is -2.85. The minimum Gasteiger partial charge on any atom is -0.335 e. The molecule has 0 atom stereocenters. The number of aromatic nitrogens is 2. The monoisotopic (exact) mass is 292 g/mol. The molecule has 2 nitrogen and oxygen atoms in total. The Hall–Kier alpha value is -1.27. The molecule has 1 N–H and O–H groups in total. The summed E-state index contributed by atoms with van der Waals surface area (Å²) in [5.41, 5.74) is 0.215. The van der Waals surface area contributed by atoms with Gasteiger partial charge < -0.3 is 4.98 Å². The molecular formula is C11H8ClF3N2S. The first-order valence-electron chi connectivity index (χ1n) is 4.94. The zero-order valence-electron chi connectivity index (χ0n) is 9.18. The predicted octanol–water partition coefficient (Wildman–Crippen LogP) is 4.52. The Morgan fingerprint density at radius 2 is 2.00 bits per heavy atom. The van der Waals surface area contributed by atoms with Crippen LogP contribution in [-0.4, -0.2) is 9.55 Å². The number of aryl methyl sites for hydroxylation is 1. The molecule has 0 aliphatic carbocycles. The van der Waals surface area contributed by atoms with Gasteiger partial charge in [-0.05, 0) is 37.3 Å². The van der Waals surface area contributed by atoms with Crippen molar-refractivity contribution in [3.63, 3.8) is 0 Å². The first-order chi connectivity index (χ1) is 8.29. The van der Waals surface area contributed by atoms with Gasteiger partial charge in [-0.1, -0.05) is 11.6 Å². The number of hydrogen-bond acceptors (Lipinski definition) is 1. The van der Waals surface area contributed by atoms with Crippen molar-refractivity contribution >= 4 is 23.8 Å². The summed E-state index contributed by atoms with van der Waals surface area (Å²) >= 11 is 10.6. The van der Waals surface area contributed by atoms with E-state index >= 15 is 0 Å². The molecule has 0 saturated heterocycles. The standard InChI is InChI=1S/C11H8ClF3N2S/c1-6-5-17(10(18)16-6)7-2-3-9(12)8(4-7)11(13,14)15/h2-5H,1H3,(H,16,18). The third kappa shape index (κ3) is 2.44. The van der Waals surface area contributed by atoms with Crippen molar-refractivity contribution in [3.05, 3.63) is 45.4 Å². The first kappa shape index (κ1) is 13.2. The number of imidazole rings is 1. The van der Waals surface area contributed by atoms with Crippen LogP contribution < -0.4 is 0 Å². The van der Waals surface area contributed by atoms with Crippen LogP contribution in [0.2, 0.25) is 5.02 Å². The van der Waals surface area contributed by atoms with E-state index < -0.39 is 11.7 Å². The van der Waals surface area contributed by atoms with E-state index in [0.29, 0.717) is 10.5 Å². The van der Waals surface area contributed by atoms with Gasteiger partial charge in [-0.2, -0.15) is 13.2 Å². The maximum absolute atomic E-state index is 12.7. The van der Waals surface area contributed by atoms with E-state index in [1.807, 2.05) is 0 Å². The van der Waals surface area contributed by atoms with Crippen molar-refractivity contribution in [1.82, 2.24) is 9.55 Å². The van der Waals surface area contributed by atoms with Crippen LogP contribution in [-0.2, 0) is 6.18 Å². The molecule has 2 rings (SSSR count). The molecule has 1 aromatic heterocycles. The maximum Gasteiger partial charge on any atom is 0.417 e. The van der Waals surface area contributed by atoms with Crippen molar-refractivity contribution in [2.45, 2.75) is 13.1 Å². The van der Waals surface area contributed by atoms with Crippen molar-refractivity contribution in [1.29, 1.82) is 0 Å². The molecule has 96 valence electrons. The molecule has 0 bridgehead atoms. The number of aromatic amines is 1.